The normalized spacial score (nSPS) is 18.8. The second-order valence-corrected chi connectivity index (χ2v) is 5.66. The topological polar surface area (TPSA) is 52.1 Å². The zero-order chi connectivity index (χ0) is 14.7. The molecule has 0 saturated carbocycles. The lowest BCUT2D eigenvalue weighted by Gasteiger charge is -2.32. The summed E-state index contributed by atoms with van der Waals surface area (Å²) >= 11 is 0. The van der Waals surface area contributed by atoms with Crippen molar-refractivity contribution in [1.29, 1.82) is 0 Å². The third-order valence-corrected chi connectivity index (χ3v) is 4.21. The van der Waals surface area contributed by atoms with Crippen LogP contribution in [0.5, 0.6) is 0 Å². The molecule has 112 valence electrons. The van der Waals surface area contributed by atoms with Crippen LogP contribution in [-0.2, 0) is 0 Å². The highest BCUT2D eigenvalue weighted by molar-refractivity contribution is 5.19. The maximum absolute atomic E-state index is 13.2. The first-order chi connectivity index (χ1) is 10.2. The summed E-state index contributed by atoms with van der Waals surface area (Å²) in [5.41, 5.74) is 1.84. The van der Waals surface area contributed by atoms with Gasteiger partial charge in [-0.05, 0) is 49.7 Å². The highest BCUT2D eigenvalue weighted by Gasteiger charge is 2.23. The molecule has 5 heteroatoms. The van der Waals surface area contributed by atoms with E-state index in [-0.39, 0.29) is 5.82 Å². The molecule has 0 spiro atoms. The molecule has 1 aromatic heterocycles. The number of hydrogen-bond acceptors (Lipinski definition) is 3. The van der Waals surface area contributed by atoms with Crippen molar-refractivity contribution in [1.82, 2.24) is 15.1 Å². The van der Waals surface area contributed by atoms with Crippen molar-refractivity contribution in [2.45, 2.75) is 24.9 Å². The highest BCUT2D eigenvalue weighted by atomic mass is 19.1. The van der Waals surface area contributed by atoms with E-state index in [9.17, 15) is 9.50 Å². The van der Waals surface area contributed by atoms with E-state index in [4.69, 9.17) is 0 Å². The average Bonchev–Trinajstić information content (AvgIpc) is 3.02. The largest absolute Gasteiger partial charge is 0.387 e. The maximum Gasteiger partial charge on any atom is 0.123 e. The molecule has 1 aromatic carbocycles. The quantitative estimate of drug-likeness (QED) is 0.909. The molecule has 3 rings (SSSR count). The zero-order valence-electron chi connectivity index (χ0n) is 11.9. The number of aromatic amines is 1. The van der Waals surface area contributed by atoms with E-state index in [0.717, 1.165) is 25.9 Å². The van der Waals surface area contributed by atoms with Crippen LogP contribution in [-0.4, -0.2) is 39.8 Å². The number of H-pyrrole nitrogens is 1. The van der Waals surface area contributed by atoms with E-state index >= 15 is 0 Å². The Kier molecular flexibility index (Phi) is 4.31. The Bertz CT molecular complexity index is 565. The summed E-state index contributed by atoms with van der Waals surface area (Å²) in [7, 11) is 0. The van der Waals surface area contributed by atoms with Gasteiger partial charge in [-0.2, -0.15) is 5.10 Å². The van der Waals surface area contributed by atoms with E-state index in [1.165, 1.54) is 17.8 Å². The number of benzene rings is 1. The van der Waals surface area contributed by atoms with Crippen LogP contribution in [0, 0.1) is 5.82 Å². The van der Waals surface area contributed by atoms with Gasteiger partial charge >= 0.3 is 0 Å². The fourth-order valence-electron chi connectivity index (χ4n) is 2.98. The highest BCUT2D eigenvalue weighted by Crippen LogP contribution is 2.27. The lowest BCUT2D eigenvalue weighted by atomic mass is 9.93. The number of β-amino-alcohol motifs (C(OH)–C–C–N with tert-alkyl or cyclic N) is 1. The van der Waals surface area contributed by atoms with Crippen LogP contribution in [0.3, 0.4) is 0 Å². The van der Waals surface area contributed by atoms with Gasteiger partial charge in [0.15, 0.2) is 0 Å². The van der Waals surface area contributed by atoms with Crippen molar-refractivity contribution in [3.05, 3.63) is 53.6 Å². The summed E-state index contributed by atoms with van der Waals surface area (Å²) < 4.78 is 13.2. The molecule has 0 amide bonds. The summed E-state index contributed by atoms with van der Waals surface area (Å²) in [6, 6.07) is 8.24. The van der Waals surface area contributed by atoms with Crippen LogP contribution < -0.4 is 0 Å². The van der Waals surface area contributed by atoms with Gasteiger partial charge in [0.1, 0.15) is 5.82 Å². The molecule has 0 unspecified atom stereocenters. The summed E-state index contributed by atoms with van der Waals surface area (Å²) in [5, 5.41) is 17.3. The number of nitrogens with zero attached hydrogens (tertiary/aromatic N) is 2. The standard InChI is InChI=1S/C16H20FN3O/c17-14-3-1-2-13(10-14)16(21)11-20-8-5-12(6-9-20)15-4-7-18-19-15/h1-4,7,10,12,16,21H,5-6,8-9,11H2,(H,18,19)/t16-/m0/s1. The lowest BCUT2D eigenvalue weighted by molar-refractivity contribution is 0.0967. The van der Waals surface area contributed by atoms with E-state index in [1.807, 2.05) is 6.07 Å². The molecule has 1 aliphatic rings. The van der Waals surface area contributed by atoms with E-state index in [0.29, 0.717) is 18.0 Å². The minimum Gasteiger partial charge on any atom is -0.387 e. The first kappa shape index (κ1) is 14.2. The number of aromatic nitrogens is 2. The monoisotopic (exact) mass is 289 g/mol. The van der Waals surface area contributed by atoms with Gasteiger partial charge in [0.2, 0.25) is 0 Å². The number of aliphatic hydroxyl groups is 1. The minimum absolute atomic E-state index is 0.301. The Labute approximate surface area is 123 Å². The van der Waals surface area contributed by atoms with Crippen LogP contribution in [0.25, 0.3) is 0 Å². The van der Waals surface area contributed by atoms with Crippen molar-refractivity contribution < 1.29 is 9.50 Å². The first-order valence-corrected chi connectivity index (χ1v) is 7.37. The van der Waals surface area contributed by atoms with Gasteiger partial charge in [0.25, 0.3) is 0 Å². The van der Waals surface area contributed by atoms with Crippen molar-refractivity contribution in [2.24, 2.45) is 0 Å². The molecule has 1 saturated heterocycles. The molecule has 2 N–H and O–H groups in total. The lowest BCUT2D eigenvalue weighted by Crippen LogP contribution is -2.36. The maximum atomic E-state index is 13.2. The minimum atomic E-state index is -0.635. The predicted molar refractivity (Wildman–Crippen MR) is 78.4 cm³/mol. The predicted octanol–water partition coefficient (Wildman–Crippen LogP) is 2.46. The summed E-state index contributed by atoms with van der Waals surface area (Å²) in [4.78, 5) is 2.24. The zero-order valence-corrected chi connectivity index (χ0v) is 11.9. The second kappa shape index (κ2) is 6.37. The fraction of sp³-hybridized carbons (Fsp3) is 0.438. The number of hydrogen-bond donors (Lipinski definition) is 2. The molecule has 1 fully saturated rings. The van der Waals surface area contributed by atoms with E-state index in [2.05, 4.69) is 15.1 Å². The van der Waals surface area contributed by atoms with Gasteiger partial charge in [-0.3, -0.25) is 5.10 Å². The number of piperidine rings is 1. The molecular weight excluding hydrogens is 269 g/mol. The first-order valence-electron chi connectivity index (χ1n) is 7.37. The number of aliphatic hydroxyl groups excluding tert-OH is 1. The Balaban J connectivity index is 1.53. The Hall–Kier alpha value is -1.72. The Morgan fingerprint density at radius 1 is 1.33 bits per heavy atom. The van der Waals surface area contributed by atoms with E-state index in [1.54, 1.807) is 18.3 Å². The molecule has 4 nitrogen and oxygen atoms in total. The average molecular weight is 289 g/mol. The third kappa shape index (κ3) is 3.49. The molecular formula is C16H20FN3O. The third-order valence-electron chi connectivity index (χ3n) is 4.21. The van der Waals surface area contributed by atoms with Gasteiger partial charge < -0.3 is 10.0 Å². The molecule has 2 aromatic rings. The summed E-state index contributed by atoms with van der Waals surface area (Å²) in [5.74, 6) is 0.222. The van der Waals surface area contributed by atoms with Crippen molar-refractivity contribution in [2.75, 3.05) is 19.6 Å². The molecule has 1 aliphatic heterocycles. The number of nitrogens with one attached hydrogen (secondary N) is 1. The molecule has 0 bridgehead atoms. The fourth-order valence-corrected chi connectivity index (χ4v) is 2.98. The van der Waals surface area contributed by atoms with Gasteiger partial charge in [-0.1, -0.05) is 12.1 Å². The van der Waals surface area contributed by atoms with Crippen LogP contribution in [0.2, 0.25) is 0 Å². The van der Waals surface area contributed by atoms with Crippen LogP contribution in [0.4, 0.5) is 4.39 Å². The van der Waals surface area contributed by atoms with Gasteiger partial charge in [-0.25, -0.2) is 4.39 Å². The molecule has 0 aliphatic carbocycles. The van der Waals surface area contributed by atoms with Gasteiger partial charge in [-0.15, -0.1) is 0 Å². The van der Waals surface area contributed by atoms with Crippen molar-refractivity contribution in [3.8, 4) is 0 Å². The smallest absolute Gasteiger partial charge is 0.123 e. The Morgan fingerprint density at radius 2 is 2.14 bits per heavy atom. The molecule has 21 heavy (non-hydrogen) atoms. The van der Waals surface area contributed by atoms with Crippen molar-refractivity contribution >= 4 is 0 Å². The number of halogens is 1. The van der Waals surface area contributed by atoms with Gasteiger partial charge in [0, 0.05) is 24.4 Å². The number of likely N-dealkylation sites (tertiary alicyclic amines) is 1. The van der Waals surface area contributed by atoms with Crippen LogP contribution >= 0.6 is 0 Å². The molecule has 0 radical (unpaired) electrons. The summed E-state index contributed by atoms with van der Waals surface area (Å²) in [6.45, 7) is 2.44. The van der Waals surface area contributed by atoms with E-state index < -0.39 is 6.10 Å². The molecule has 1 atom stereocenters. The van der Waals surface area contributed by atoms with Crippen LogP contribution in [0.15, 0.2) is 36.5 Å². The SMILES string of the molecule is O[C@@H](CN1CCC(c2ccn[nH]2)CC1)c1cccc(F)c1. The van der Waals surface area contributed by atoms with Crippen molar-refractivity contribution in [3.63, 3.8) is 0 Å². The number of rotatable bonds is 4. The Morgan fingerprint density at radius 3 is 2.81 bits per heavy atom. The summed E-state index contributed by atoms with van der Waals surface area (Å²) in [6.07, 6.45) is 3.26. The van der Waals surface area contributed by atoms with Crippen LogP contribution in [0.1, 0.15) is 36.1 Å². The second-order valence-electron chi connectivity index (χ2n) is 5.66. The van der Waals surface area contributed by atoms with Gasteiger partial charge in [0.05, 0.1) is 6.10 Å². The molecule has 2 heterocycles.